The maximum atomic E-state index is 11.4. The van der Waals surface area contributed by atoms with Crippen molar-refractivity contribution in [2.24, 2.45) is 10.9 Å². The van der Waals surface area contributed by atoms with Crippen LogP contribution in [-0.4, -0.2) is 83.6 Å². The Morgan fingerprint density at radius 1 is 1.23 bits per heavy atom. The zero-order chi connectivity index (χ0) is 19.1. The van der Waals surface area contributed by atoms with E-state index in [-0.39, 0.29) is 24.0 Å². The Bertz CT molecular complexity index is 534. The minimum absolute atomic E-state index is 0. The third-order valence-corrected chi connectivity index (χ3v) is 5.07. The van der Waals surface area contributed by atoms with E-state index in [1.807, 2.05) is 13.8 Å². The molecule has 0 aliphatic carbocycles. The zero-order valence-electron chi connectivity index (χ0n) is 16.8. The first-order chi connectivity index (χ1) is 11.5. The van der Waals surface area contributed by atoms with Crippen LogP contribution < -0.4 is 15.4 Å². The second-order valence-corrected chi connectivity index (χ2v) is 9.27. The molecule has 1 unspecified atom stereocenters. The van der Waals surface area contributed by atoms with E-state index in [9.17, 15) is 8.42 Å². The molecular weight excluding hydrogens is 469 g/mol. The number of aliphatic imine (C=N–C) groups is 1. The number of rotatable bonds is 8. The van der Waals surface area contributed by atoms with Crippen molar-refractivity contribution in [2.75, 3.05) is 52.7 Å². The number of hydrogen-bond acceptors (Lipinski definition) is 5. The number of nitrogens with one attached hydrogen (secondary N) is 3. The number of ether oxygens (including phenoxy) is 1. The van der Waals surface area contributed by atoms with E-state index in [1.54, 1.807) is 7.05 Å². The van der Waals surface area contributed by atoms with Gasteiger partial charge < -0.3 is 15.4 Å². The molecule has 156 valence electrons. The second kappa shape index (κ2) is 11.6. The summed E-state index contributed by atoms with van der Waals surface area (Å²) >= 11 is 0. The Morgan fingerprint density at radius 2 is 1.81 bits per heavy atom. The van der Waals surface area contributed by atoms with E-state index in [0.29, 0.717) is 24.5 Å². The average molecular weight is 505 g/mol. The molecule has 0 aromatic heterocycles. The Labute approximate surface area is 176 Å². The van der Waals surface area contributed by atoms with E-state index in [0.717, 1.165) is 39.1 Å². The summed E-state index contributed by atoms with van der Waals surface area (Å²) in [5.74, 6) is 1.18. The number of guanidine groups is 1. The van der Waals surface area contributed by atoms with Gasteiger partial charge in [0.05, 0.1) is 19.5 Å². The highest BCUT2D eigenvalue weighted by molar-refractivity contribution is 14.0. The van der Waals surface area contributed by atoms with Gasteiger partial charge in [-0.3, -0.25) is 9.89 Å². The van der Waals surface area contributed by atoms with Crippen LogP contribution in [0, 0.1) is 5.92 Å². The number of hydrogen-bond donors (Lipinski definition) is 3. The lowest BCUT2D eigenvalue weighted by molar-refractivity contribution is 0.00752. The molecule has 0 bridgehead atoms. The molecule has 0 aromatic carbocycles. The van der Waals surface area contributed by atoms with Crippen LogP contribution in [0.15, 0.2) is 4.99 Å². The fraction of sp³-hybridized carbons (Fsp3) is 0.938. The summed E-state index contributed by atoms with van der Waals surface area (Å²) in [5.41, 5.74) is -0.604. The largest absolute Gasteiger partial charge is 0.379 e. The molecule has 1 rings (SSSR count). The van der Waals surface area contributed by atoms with Crippen LogP contribution in [-0.2, 0) is 14.8 Å². The van der Waals surface area contributed by atoms with Crippen molar-refractivity contribution in [1.29, 1.82) is 0 Å². The average Bonchev–Trinajstić information content (AvgIpc) is 2.49. The summed E-state index contributed by atoms with van der Waals surface area (Å²) in [4.78, 5) is 6.69. The van der Waals surface area contributed by atoms with Gasteiger partial charge in [0.25, 0.3) is 0 Å². The second-order valence-electron chi connectivity index (χ2n) is 7.52. The Kier molecular flexibility index (Phi) is 11.5. The van der Waals surface area contributed by atoms with E-state index in [1.165, 1.54) is 0 Å². The summed E-state index contributed by atoms with van der Waals surface area (Å²) in [6, 6.07) is 0.393. The van der Waals surface area contributed by atoms with Gasteiger partial charge in [0.15, 0.2) is 5.96 Å². The van der Waals surface area contributed by atoms with Gasteiger partial charge in [0.2, 0.25) is 10.0 Å². The summed E-state index contributed by atoms with van der Waals surface area (Å²) in [5, 5.41) is 6.56. The highest BCUT2D eigenvalue weighted by Crippen LogP contribution is 2.12. The molecule has 0 spiro atoms. The predicted molar refractivity (Wildman–Crippen MR) is 118 cm³/mol. The third-order valence-electron chi connectivity index (χ3n) is 4.15. The number of halogens is 1. The lowest BCUT2D eigenvalue weighted by atomic mass is 10.0. The fourth-order valence-corrected chi connectivity index (χ4v) is 4.04. The number of morpholine rings is 1. The van der Waals surface area contributed by atoms with Crippen molar-refractivity contribution in [3.8, 4) is 0 Å². The van der Waals surface area contributed by atoms with Crippen molar-refractivity contribution < 1.29 is 13.2 Å². The molecule has 1 aliphatic rings. The van der Waals surface area contributed by atoms with Crippen molar-refractivity contribution >= 4 is 40.0 Å². The lowest BCUT2D eigenvalue weighted by Crippen LogP contribution is -2.55. The van der Waals surface area contributed by atoms with Crippen molar-refractivity contribution in [3.05, 3.63) is 0 Å². The Hall–Kier alpha value is -0.170. The molecule has 1 atom stereocenters. The van der Waals surface area contributed by atoms with Gasteiger partial charge in [-0.2, -0.15) is 0 Å². The molecule has 1 heterocycles. The SMILES string of the molecule is CN=C(NCC(C(C)C)N1CCOCC1)NCC(C)(C)NS(C)(=O)=O.I. The van der Waals surface area contributed by atoms with Gasteiger partial charge in [0, 0.05) is 44.8 Å². The quantitative estimate of drug-likeness (QED) is 0.252. The summed E-state index contributed by atoms with van der Waals surface area (Å²) in [6.07, 6.45) is 1.16. The molecule has 0 radical (unpaired) electrons. The standard InChI is InChI=1S/C16H35N5O3S.HI/c1-13(2)14(21-7-9-24-10-8-21)11-18-15(17-5)19-12-16(3,4)20-25(6,22)23;/h13-14,20H,7-12H2,1-6H3,(H2,17,18,19);1H. The van der Waals surface area contributed by atoms with Crippen LogP contribution in [0.1, 0.15) is 27.7 Å². The van der Waals surface area contributed by atoms with Gasteiger partial charge in [-0.15, -0.1) is 24.0 Å². The molecule has 1 aliphatic heterocycles. The predicted octanol–water partition coefficient (Wildman–Crippen LogP) is 0.454. The summed E-state index contributed by atoms with van der Waals surface area (Å²) < 4.78 is 30.9. The van der Waals surface area contributed by atoms with Gasteiger partial charge in [-0.05, 0) is 19.8 Å². The normalized spacial score (nSPS) is 18.3. The highest BCUT2D eigenvalue weighted by Gasteiger charge is 2.25. The Balaban J connectivity index is 0.00000625. The van der Waals surface area contributed by atoms with E-state index in [4.69, 9.17) is 4.74 Å². The molecule has 1 fully saturated rings. The topological polar surface area (TPSA) is 95.1 Å². The summed E-state index contributed by atoms with van der Waals surface area (Å²) in [7, 11) is -1.54. The van der Waals surface area contributed by atoms with E-state index >= 15 is 0 Å². The smallest absolute Gasteiger partial charge is 0.209 e. The lowest BCUT2D eigenvalue weighted by Gasteiger charge is -2.37. The highest BCUT2D eigenvalue weighted by atomic mass is 127. The zero-order valence-corrected chi connectivity index (χ0v) is 20.0. The van der Waals surface area contributed by atoms with Gasteiger partial charge in [0.1, 0.15) is 0 Å². The molecule has 26 heavy (non-hydrogen) atoms. The maximum absolute atomic E-state index is 11.4. The number of nitrogens with zero attached hydrogens (tertiary/aromatic N) is 2. The molecule has 0 amide bonds. The van der Waals surface area contributed by atoms with Crippen LogP contribution in [0.4, 0.5) is 0 Å². The van der Waals surface area contributed by atoms with Crippen LogP contribution in [0.5, 0.6) is 0 Å². The summed E-state index contributed by atoms with van der Waals surface area (Å²) in [6.45, 7) is 12.8. The van der Waals surface area contributed by atoms with Crippen molar-refractivity contribution in [1.82, 2.24) is 20.3 Å². The molecule has 10 heteroatoms. The van der Waals surface area contributed by atoms with Crippen LogP contribution in [0.2, 0.25) is 0 Å². The van der Waals surface area contributed by atoms with Gasteiger partial charge >= 0.3 is 0 Å². The molecule has 1 saturated heterocycles. The van der Waals surface area contributed by atoms with Gasteiger partial charge in [-0.1, -0.05) is 13.8 Å². The number of sulfonamides is 1. The van der Waals surface area contributed by atoms with Crippen LogP contribution in [0.3, 0.4) is 0 Å². The van der Waals surface area contributed by atoms with Crippen LogP contribution in [0.25, 0.3) is 0 Å². The molecule has 3 N–H and O–H groups in total. The molecular formula is C16H36IN5O3S. The first-order valence-corrected chi connectivity index (χ1v) is 10.7. The monoisotopic (exact) mass is 505 g/mol. The first kappa shape index (κ1) is 25.8. The van der Waals surface area contributed by atoms with Crippen molar-refractivity contribution in [3.63, 3.8) is 0 Å². The first-order valence-electron chi connectivity index (χ1n) is 8.79. The Morgan fingerprint density at radius 3 is 2.27 bits per heavy atom. The van der Waals surface area contributed by atoms with Gasteiger partial charge in [-0.25, -0.2) is 13.1 Å². The fourth-order valence-electron chi connectivity index (χ4n) is 2.96. The minimum Gasteiger partial charge on any atom is -0.379 e. The van der Waals surface area contributed by atoms with Crippen LogP contribution >= 0.6 is 24.0 Å². The minimum atomic E-state index is -3.26. The van der Waals surface area contributed by atoms with E-state index < -0.39 is 15.6 Å². The molecule has 8 nitrogen and oxygen atoms in total. The third kappa shape index (κ3) is 10.2. The molecule has 0 saturated carbocycles. The van der Waals surface area contributed by atoms with E-state index in [2.05, 4.69) is 39.1 Å². The maximum Gasteiger partial charge on any atom is 0.209 e. The van der Waals surface area contributed by atoms with Crippen molar-refractivity contribution in [2.45, 2.75) is 39.3 Å². The molecule has 0 aromatic rings.